The standard InChI is InChI=1S/C14H20N2O4S/c1-10(17)11-4-6-12(7-5-11)16-14(18)15-9-13-3-2-8-21(13,19)20/h4-7,10,13,17H,2-3,8-9H2,1H3,(H2,15,16,18). The molecule has 2 unspecified atom stereocenters. The Morgan fingerprint density at radius 2 is 2.05 bits per heavy atom. The molecule has 1 aliphatic heterocycles. The van der Waals surface area contributed by atoms with E-state index >= 15 is 0 Å². The van der Waals surface area contributed by atoms with Gasteiger partial charge in [-0.3, -0.25) is 0 Å². The van der Waals surface area contributed by atoms with Gasteiger partial charge < -0.3 is 15.7 Å². The molecule has 0 radical (unpaired) electrons. The highest BCUT2D eigenvalue weighted by Gasteiger charge is 2.31. The predicted molar refractivity (Wildman–Crippen MR) is 80.9 cm³/mol. The molecule has 3 N–H and O–H groups in total. The zero-order chi connectivity index (χ0) is 15.5. The van der Waals surface area contributed by atoms with E-state index in [-0.39, 0.29) is 12.3 Å². The first-order valence-electron chi connectivity index (χ1n) is 6.93. The van der Waals surface area contributed by atoms with Crippen molar-refractivity contribution in [3.8, 4) is 0 Å². The van der Waals surface area contributed by atoms with Gasteiger partial charge >= 0.3 is 6.03 Å². The highest BCUT2D eigenvalue weighted by atomic mass is 32.2. The summed E-state index contributed by atoms with van der Waals surface area (Å²) in [7, 11) is -3.04. The van der Waals surface area contributed by atoms with Crippen LogP contribution in [0.15, 0.2) is 24.3 Å². The molecule has 0 aliphatic carbocycles. The number of urea groups is 1. The molecule has 0 spiro atoms. The molecule has 0 bridgehead atoms. The zero-order valence-electron chi connectivity index (χ0n) is 11.9. The van der Waals surface area contributed by atoms with E-state index in [9.17, 15) is 18.3 Å². The first kappa shape index (κ1) is 15.8. The van der Waals surface area contributed by atoms with Gasteiger partial charge in [0.1, 0.15) is 0 Å². The van der Waals surface area contributed by atoms with Gasteiger partial charge in [0.15, 0.2) is 9.84 Å². The topological polar surface area (TPSA) is 95.5 Å². The second-order valence-corrected chi connectivity index (χ2v) is 7.66. The summed E-state index contributed by atoms with van der Waals surface area (Å²) in [4.78, 5) is 11.7. The van der Waals surface area contributed by atoms with E-state index in [0.29, 0.717) is 18.5 Å². The van der Waals surface area contributed by atoms with Gasteiger partial charge in [-0.15, -0.1) is 0 Å². The average molecular weight is 312 g/mol. The number of carbonyl (C=O) groups excluding carboxylic acids is 1. The molecule has 2 amide bonds. The fourth-order valence-corrected chi connectivity index (χ4v) is 4.08. The number of amides is 2. The minimum Gasteiger partial charge on any atom is -0.389 e. The van der Waals surface area contributed by atoms with Gasteiger partial charge in [-0.25, -0.2) is 13.2 Å². The molecule has 1 saturated heterocycles. The lowest BCUT2D eigenvalue weighted by molar-refractivity contribution is 0.199. The summed E-state index contributed by atoms with van der Waals surface area (Å²) >= 11 is 0. The molecule has 2 atom stereocenters. The van der Waals surface area contributed by atoms with Crippen LogP contribution in [-0.4, -0.2) is 37.1 Å². The van der Waals surface area contributed by atoms with Crippen molar-refractivity contribution in [2.75, 3.05) is 17.6 Å². The highest BCUT2D eigenvalue weighted by Crippen LogP contribution is 2.19. The molecule has 0 aromatic heterocycles. The van der Waals surface area contributed by atoms with Crippen molar-refractivity contribution in [3.05, 3.63) is 29.8 Å². The van der Waals surface area contributed by atoms with Crippen molar-refractivity contribution < 1.29 is 18.3 Å². The monoisotopic (exact) mass is 312 g/mol. The second kappa shape index (κ2) is 6.44. The van der Waals surface area contributed by atoms with Crippen molar-refractivity contribution in [2.45, 2.75) is 31.1 Å². The summed E-state index contributed by atoms with van der Waals surface area (Å²) in [6, 6.07) is 6.40. The molecule has 1 aromatic carbocycles. The lowest BCUT2D eigenvalue weighted by Crippen LogP contribution is -2.37. The van der Waals surface area contributed by atoms with E-state index < -0.39 is 27.2 Å². The summed E-state index contributed by atoms with van der Waals surface area (Å²) < 4.78 is 23.3. The molecule has 0 saturated carbocycles. The minimum absolute atomic E-state index is 0.139. The fourth-order valence-electron chi connectivity index (χ4n) is 2.31. The van der Waals surface area contributed by atoms with Gasteiger partial charge in [0.2, 0.25) is 0 Å². The maximum Gasteiger partial charge on any atom is 0.319 e. The Bertz CT molecular complexity index is 596. The first-order chi connectivity index (χ1) is 9.88. The van der Waals surface area contributed by atoms with E-state index in [1.165, 1.54) is 0 Å². The number of carbonyl (C=O) groups is 1. The van der Waals surface area contributed by atoms with Gasteiger partial charge in [0.05, 0.1) is 17.1 Å². The highest BCUT2D eigenvalue weighted by molar-refractivity contribution is 7.92. The number of anilines is 1. The molecule has 6 nitrogen and oxygen atoms in total. The van der Waals surface area contributed by atoms with Crippen LogP contribution in [0.4, 0.5) is 10.5 Å². The van der Waals surface area contributed by atoms with E-state index in [2.05, 4.69) is 10.6 Å². The van der Waals surface area contributed by atoms with Crippen molar-refractivity contribution in [3.63, 3.8) is 0 Å². The van der Waals surface area contributed by atoms with E-state index in [4.69, 9.17) is 0 Å². The zero-order valence-corrected chi connectivity index (χ0v) is 12.7. The lowest BCUT2D eigenvalue weighted by Gasteiger charge is -2.12. The van der Waals surface area contributed by atoms with Gasteiger partial charge in [-0.1, -0.05) is 12.1 Å². The van der Waals surface area contributed by atoms with Crippen LogP contribution in [-0.2, 0) is 9.84 Å². The van der Waals surface area contributed by atoms with Gasteiger partial charge in [-0.2, -0.15) is 0 Å². The average Bonchev–Trinajstić information content (AvgIpc) is 2.76. The van der Waals surface area contributed by atoms with E-state index in [1.807, 2.05) is 0 Å². The summed E-state index contributed by atoms with van der Waals surface area (Å²) in [5, 5.41) is 14.1. The maximum atomic E-state index is 11.7. The molecule has 21 heavy (non-hydrogen) atoms. The molecule has 7 heteroatoms. The number of benzene rings is 1. The minimum atomic E-state index is -3.04. The number of aliphatic hydroxyl groups excluding tert-OH is 1. The molecular formula is C14H20N2O4S. The summed E-state index contributed by atoms with van der Waals surface area (Å²) in [6.07, 6.45) is 0.712. The second-order valence-electron chi connectivity index (χ2n) is 5.26. The molecule has 1 fully saturated rings. The smallest absolute Gasteiger partial charge is 0.319 e. The number of aliphatic hydroxyl groups is 1. The fraction of sp³-hybridized carbons (Fsp3) is 0.500. The Labute approximate surface area is 124 Å². The van der Waals surface area contributed by atoms with Crippen LogP contribution in [0.1, 0.15) is 31.4 Å². The molecule has 116 valence electrons. The van der Waals surface area contributed by atoms with Gasteiger partial charge in [0, 0.05) is 12.2 Å². The summed E-state index contributed by atoms with van der Waals surface area (Å²) in [5.74, 6) is 0.210. The number of rotatable bonds is 4. The Hall–Kier alpha value is -1.60. The van der Waals surface area contributed by atoms with Crippen LogP contribution >= 0.6 is 0 Å². The number of nitrogens with one attached hydrogen (secondary N) is 2. The van der Waals surface area contributed by atoms with Crippen molar-refractivity contribution in [1.29, 1.82) is 0 Å². The Morgan fingerprint density at radius 3 is 2.57 bits per heavy atom. The van der Waals surface area contributed by atoms with Crippen LogP contribution in [0.25, 0.3) is 0 Å². The number of sulfone groups is 1. The molecule has 1 aromatic rings. The third-order valence-electron chi connectivity index (χ3n) is 3.60. The van der Waals surface area contributed by atoms with Crippen molar-refractivity contribution >= 4 is 21.6 Å². The molecule has 1 heterocycles. The number of hydrogen-bond donors (Lipinski definition) is 3. The Morgan fingerprint density at radius 1 is 1.38 bits per heavy atom. The number of hydrogen-bond acceptors (Lipinski definition) is 4. The van der Waals surface area contributed by atoms with Crippen LogP contribution in [0, 0.1) is 0 Å². The lowest BCUT2D eigenvalue weighted by atomic mass is 10.1. The van der Waals surface area contributed by atoms with Crippen LogP contribution in [0.2, 0.25) is 0 Å². The largest absolute Gasteiger partial charge is 0.389 e. The quantitative estimate of drug-likeness (QED) is 0.784. The first-order valence-corrected chi connectivity index (χ1v) is 8.64. The van der Waals surface area contributed by atoms with E-state index in [1.54, 1.807) is 31.2 Å². The normalized spacial score (nSPS) is 21.7. The van der Waals surface area contributed by atoms with Gasteiger partial charge in [0.25, 0.3) is 0 Å². The Balaban J connectivity index is 1.84. The molecular weight excluding hydrogens is 292 g/mol. The Kier molecular flexibility index (Phi) is 4.84. The van der Waals surface area contributed by atoms with Crippen LogP contribution < -0.4 is 10.6 Å². The molecule has 2 rings (SSSR count). The summed E-state index contributed by atoms with van der Waals surface area (Å²) in [5.41, 5.74) is 1.35. The van der Waals surface area contributed by atoms with E-state index in [0.717, 1.165) is 5.56 Å². The van der Waals surface area contributed by atoms with Crippen molar-refractivity contribution in [1.82, 2.24) is 5.32 Å². The summed E-state index contributed by atoms with van der Waals surface area (Å²) in [6.45, 7) is 1.80. The van der Waals surface area contributed by atoms with Gasteiger partial charge in [-0.05, 0) is 37.5 Å². The predicted octanol–water partition coefficient (Wildman–Crippen LogP) is 1.44. The third kappa shape index (κ3) is 4.18. The van der Waals surface area contributed by atoms with Crippen LogP contribution in [0.5, 0.6) is 0 Å². The molecule has 1 aliphatic rings. The SMILES string of the molecule is CC(O)c1ccc(NC(=O)NCC2CCCS2(=O)=O)cc1. The third-order valence-corrected chi connectivity index (χ3v) is 5.88. The van der Waals surface area contributed by atoms with Crippen molar-refractivity contribution in [2.24, 2.45) is 0 Å². The maximum absolute atomic E-state index is 11.7. The van der Waals surface area contributed by atoms with Crippen LogP contribution in [0.3, 0.4) is 0 Å².